The van der Waals surface area contributed by atoms with Crippen LogP contribution >= 0.6 is 0 Å². The van der Waals surface area contributed by atoms with Crippen molar-refractivity contribution in [1.82, 2.24) is 10.6 Å². The van der Waals surface area contributed by atoms with Gasteiger partial charge in [-0.2, -0.15) is 0 Å². The summed E-state index contributed by atoms with van der Waals surface area (Å²) in [4.78, 5) is 38.2. The van der Waals surface area contributed by atoms with Crippen molar-refractivity contribution in [3.8, 4) is 0 Å². The fourth-order valence-electron chi connectivity index (χ4n) is 4.06. The lowest BCUT2D eigenvalue weighted by Gasteiger charge is -2.20. The number of carbonyl (C=O) groups is 3. The Labute approximate surface area is 212 Å². The Bertz CT molecular complexity index is 1220. The molecule has 0 spiro atoms. The second kappa shape index (κ2) is 11.8. The predicted octanol–water partition coefficient (Wildman–Crippen LogP) is 4.00. The standard InChI is InChI=1S/C30H29N2O4/c1-3-36-30(35)27(17-21-9-5-4-6-10-21)32-28(33)20(2)31-29(34)26-16-15-24-18-23(13-14-25(24)19-26)22-11-7-8-12-22/h4-16,18-20,27H,3,17H2,1-2H3,(H,31,34)(H,32,33)/t20-,27-/m0/s1. The van der Waals surface area contributed by atoms with Gasteiger partial charge in [0.05, 0.1) is 6.61 Å². The minimum atomic E-state index is -0.850. The van der Waals surface area contributed by atoms with Crippen LogP contribution in [0.1, 0.15) is 35.3 Å². The van der Waals surface area contributed by atoms with Crippen molar-refractivity contribution in [2.75, 3.05) is 6.61 Å². The summed E-state index contributed by atoms with van der Waals surface area (Å²) < 4.78 is 5.14. The molecule has 1 saturated carbocycles. The molecule has 0 bridgehead atoms. The Balaban J connectivity index is 1.40. The molecule has 1 fully saturated rings. The molecule has 0 aliphatic heterocycles. The number of esters is 1. The maximum Gasteiger partial charge on any atom is 0.328 e. The van der Waals surface area contributed by atoms with E-state index < -0.39 is 24.0 Å². The van der Waals surface area contributed by atoms with Crippen LogP contribution in [0.4, 0.5) is 0 Å². The molecule has 4 rings (SSSR count). The maximum atomic E-state index is 12.9. The zero-order valence-corrected chi connectivity index (χ0v) is 20.4. The van der Waals surface area contributed by atoms with Gasteiger partial charge in [-0.1, -0.05) is 54.6 Å². The lowest BCUT2D eigenvalue weighted by molar-refractivity contribution is -0.147. The number of hydrogen-bond donors (Lipinski definition) is 2. The summed E-state index contributed by atoms with van der Waals surface area (Å²) in [5, 5.41) is 7.41. The van der Waals surface area contributed by atoms with E-state index in [0.717, 1.165) is 27.8 Å². The third-order valence-corrected chi connectivity index (χ3v) is 6.01. The van der Waals surface area contributed by atoms with E-state index in [4.69, 9.17) is 4.74 Å². The second-order valence-electron chi connectivity index (χ2n) is 8.65. The zero-order chi connectivity index (χ0) is 25.5. The molecular weight excluding hydrogens is 452 g/mol. The van der Waals surface area contributed by atoms with E-state index in [0.29, 0.717) is 12.0 Å². The molecule has 183 valence electrons. The summed E-state index contributed by atoms with van der Waals surface area (Å²) in [7, 11) is 0. The van der Waals surface area contributed by atoms with E-state index in [1.54, 1.807) is 26.0 Å². The highest BCUT2D eigenvalue weighted by Gasteiger charge is 2.26. The van der Waals surface area contributed by atoms with Crippen LogP contribution in [0.25, 0.3) is 10.8 Å². The molecular formula is C30H29N2O4. The molecule has 6 nitrogen and oxygen atoms in total. The predicted molar refractivity (Wildman–Crippen MR) is 139 cm³/mol. The molecule has 0 saturated heterocycles. The second-order valence-corrected chi connectivity index (χ2v) is 8.65. The summed E-state index contributed by atoms with van der Waals surface area (Å²) in [6.07, 6.45) is 8.41. The quantitative estimate of drug-likeness (QED) is 0.453. The number of fused-ring (bicyclic) bond motifs is 1. The third kappa shape index (κ3) is 6.30. The Morgan fingerprint density at radius 3 is 2.28 bits per heavy atom. The number of rotatable bonds is 9. The normalized spacial score (nSPS) is 15.3. The van der Waals surface area contributed by atoms with Crippen LogP contribution in [-0.2, 0) is 20.7 Å². The van der Waals surface area contributed by atoms with Gasteiger partial charge < -0.3 is 15.4 Å². The summed E-state index contributed by atoms with van der Waals surface area (Å²) in [6, 6.07) is 19.2. The lowest BCUT2D eigenvalue weighted by atomic mass is 9.94. The highest BCUT2D eigenvalue weighted by molar-refractivity contribution is 6.01. The molecule has 2 N–H and O–H groups in total. The number of hydrogen-bond acceptors (Lipinski definition) is 4. The van der Waals surface area contributed by atoms with E-state index in [2.05, 4.69) is 29.5 Å². The first-order valence-corrected chi connectivity index (χ1v) is 12.0. The van der Waals surface area contributed by atoms with E-state index >= 15 is 0 Å². The molecule has 1 aliphatic carbocycles. The Morgan fingerprint density at radius 2 is 1.56 bits per heavy atom. The van der Waals surface area contributed by atoms with Gasteiger partial charge in [-0.15, -0.1) is 0 Å². The average Bonchev–Trinajstić information content (AvgIpc) is 3.43. The van der Waals surface area contributed by atoms with Gasteiger partial charge in [0, 0.05) is 17.9 Å². The van der Waals surface area contributed by atoms with E-state index in [9.17, 15) is 14.4 Å². The molecule has 3 aromatic carbocycles. The number of amides is 2. The van der Waals surface area contributed by atoms with Crippen molar-refractivity contribution < 1.29 is 19.1 Å². The number of nitrogens with one attached hydrogen (secondary N) is 2. The Morgan fingerprint density at radius 1 is 0.861 bits per heavy atom. The van der Waals surface area contributed by atoms with Crippen LogP contribution in [0, 0.1) is 31.6 Å². The SMILES string of the molecule is CCOC(=O)[C@H](Cc1ccccc1)NC(=O)[C@H](C)NC(=O)c1ccc2cc([C]3[CH][CH][CH][CH]3)ccc2c1. The fraction of sp³-hybridized carbons (Fsp3) is 0.200. The lowest BCUT2D eigenvalue weighted by Crippen LogP contribution is -2.51. The van der Waals surface area contributed by atoms with Gasteiger partial charge in [-0.05, 0) is 73.6 Å². The first-order chi connectivity index (χ1) is 17.4. The fourth-order valence-corrected chi connectivity index (χ4v) is 4.06. The van der Waals surface area contributed by atoms with Crippen molar-refractivity contribution in [2.24, 2.45) is 0 Å². The van der Waals surface area contributed by atoms with Crippen LogP contribution in [-0.4, -0.2) is 36.5 Å². The van der Waals surface area contributed by atoms with Crippen molar-refractivity contribution >= 4 is 28.6 Å². The molecule has 0 heterocycles. The Hall–Kier alpha value is -3.67. The largest absolute Gasteiger partial charge is 0.464 e. The van der Waals surface area contributed by atoms with Gasteiger partial charge in [-0.25, -0.2) is 4.79 Å². The molecule has 36 heavy (non-hydrogen) atoms. The monoisotopic (exact) mass is 481 g/mol. The van der Waals surface area contributed by atoms with Crippen molar-refractivity contribution in [2.45, 2.75) is 32.4 Å². The number of ether oxygens (including phenoxy) is 1. The minimum Gasteiger partial charge on any atom is -0.464 e. The number of benzene rings is 3. The molecule has 1 aliphatic rings. The molecule has 2 atom stereocenters. The van der Waals surface area contributed by atoms with Crippen molar-refractivity contribution in [3.63, 3.8) is 0 Å². The summed E-state index contributed by atoms with van der Waals surface area (Å²) in [5.74, 6) is -0.191. The smallest absolute Gasteiger partial charge is 0.328 e. The van der Waals surface area contributed by atoms with Crippen LogP contribution in [0.3, 0.4) is 0 Å². The third-order valence-electron chi connectivity index (χ3n) is 6.01. The van der Waals surface area contributed by atoms with Gasteiger partial charge >= 0.3 is 5.97 Å². The van der Waals surface area contributed by atoms with Crippen molar-refractivity contribution in [3.05, 3.63) is 115 Å². The number of carbonyl (C=O) groups excluding carboxylic acids is 3. The van der Waals surface area contributed by atoms with E-state index in [1.165, 1.54) is 0 Å². The topological polar surface area (TPSA) is 84.5 Å². The van der Waals surface area contributed by atoms with Crippen LogP contribution in [0.15, 0.2) is 66.7 Å². The minimum absolute atomic E-state index is 0.211. The van der Waals surface area contributed by atoms with Crippen LogP contribution < -0.4 is 10.6 Å². The highest BCUT2D eigenvalue weighted by atomic mass is 16.5. The first-order valence-electron chi connectivity index (χ1n) is 12.0. The van der Waals surface area contributed by atoms with E-state index in [1.807, 2.05) is 61.4 Å². The van der Waals surface area contributed by atoms with Gasteiger partial charge in [0.1, 0.15) is 12.1 Å². The summed E-state index contributed by atoms with van der Waals surface area (Å²) >= 11 is 0. The average molecular weight is 482 g/mol. The molecule has 5 radical (unpaired) electrons. The maximum absolute atomic E-state index is 12.9. The van der Waals surface area contributed by atoms with E-state index in [-0.39, 0.29) is 12.5 Å². The molecule has 3 aromatic rings. The molecule has 2 amide bonds. The van der Waals surface area contributed by atoms with Crippen LogP contribution in [0.5, 0.6) is 0 Å². The van der Waals surface area contributed by atoms with Crippen LogP contribution in [0.2, 0.25) is 0 Å². The molecule has 0 aromatic heterocycles. The summed E-state index contributed by atoms with van der Waals surface area (Å²) in [6.45, 7) is 3.52. The summed E-state index contributed by atoms with van der Waals surface area (Å²) in [5.41, 5.74) is 2.46. The molecule has 0 unspecified atom stereocenters. The van der Waals surface area contributed by atoms with Crippen molar-refractivity contribution in [1.29, 1.82) is 0 Å². The highest BCUT2D eigenvalue weighted by Crippen LogP contribution is 2.32. The van der Waals surface area contributed by atoms with Gasteiger partial charge in [0.2, 0.25) is 5.91 Å². The van der Waals surface area contributed by atoms with Gasteiger partial charge in [0.25, 0.3) is 5.91 Å². The first kappa shape index (κ1) is 25.4. The van der Waals surface area contributed by atoms with Gasteiger partial charge in [-0.3, -0.25) is 9.59 Å². The Kier molecular flexibility index (Phi) is 8.36. The van der Waals surface area contributed by atoms with Gasteiger partial charge in [0.15, 0.2) is 0 Å². The molecule has 6 heteroatoms. The zero-order valence-electron chi connectivity index (χ0n) is 20.4.